The lowest BCUT2D eigenvalue weighted by Crippen LogP contribution is -2.49. The van der Waals surface area contributed by atoms with E-state index >= 15 is 0 Å². The normalized spacial score (nSPS) is 28.2. The van der Waals surface area contributed by atoms with Crippen molar-refractivity contribution >= 4 is 24.0 Å². The molecule has 14 heteroatoms. The molecular formula is C42H54N8O6. The van der Waals surface area contributed by atoms with Gasteiger partial charge in [-0.25, -0.2) is 19.6 Å². The highest BCUT2D eigenvalue weighted by Gasteiger charge is 2.51. The summed E-state index contributed by atoms with van der Waals surface area (Å²) in [4.78, 5) is 72.1. The molecule has 7 fully saturated rings. The fourth-order valence-electron chi connectivity index (χ4n) is 10.4. The summed E-state index contributed by atoms with van der Waals surface area (Å²) in [5.74, 6) is 1.88. The molecule has 1 aromatic carbocycles. The number of aromatic amines is 2. The van der Waals surface area contributed by atoms with Crippen LogP contribution in [0.4, 0.5) is 9.59 Å². The Bertz CT molecular complexity index is 1940. The number of carbonyl (C=O) groups excluding carboxylic acids is 4. The molecule has 14 nitrogen and oxygen atoms in total. The van der Waals surface area contributed by atoms with Gasteiger partial charge in [-0.2, -0.15) is 0 Å². The Morgan fingerprint density at radius 3 is 1.66 bits per heavy atom. The van der Waals surface area contributed by atoms with E-state index in [0.29, 0.717) is 13.1 Å². The first-order valence-corrected chi connectivity index (χ1v) is 20.7. The quantitative estimate of drug-likeness (QED) is 0.186. The SMILES string of the molecule is COC(=O)N[C@H](C(=O)N1CCC[C@H]1c1ncc(-c2ccc(C34CCC(c5cnc([C@@H]6CCCN6C(=O)[C@@H](NC(=O)OC)C6CC6)[nH]5)(CC3)CC4)cc2)[nH]1)C1CC1. The highest BCUT2D eigenvalue weighted by Crippen LogP contribution is 2.58. The van der Waals surface area contributed by atoms with Crippen LogP contribution >= 0.6 is 0 Å². The van der Waals surface area contributed by atoms with Gasteiger partial charge in [0.25, 0.3) is 0 Å². The van der Waals surface area contributed by atoms with Crippen molar-refractivity contribution in [2.45, 2.75) is 125 Å². The van der Waals surface area contributed by atoms with Gasteiger partial charge in [-0.15, -0.1) is 0 Å². The lowest BCUT2D eigenvalue weighted by Gasteiger charge is -2.53. The fourth-order valence-corrected chi connectivity index (χ4v) is 10.4. The van der Waals surface area contributed by atoms with Gasteiger partial charge in [0, 0.05) is 30.4 Å². The van der Waals surface area contributed by atoms with E-state index in [1.54, 1.807) is 0 Å². The van der Waals surface area contributed by atoms with Crippen molar-refractivity contribution in [3.8, 4) is 11.3 Å². The lowest BCUT2D eigenvalue weighted by molar-refractivity contribution is -0.135. The van der Waals surface area contributed by atoms with Gasteiger partial charge in [-0.3, -0.25) is 9.59 Å². The van der Waals surface area contributed by atoms with Crippen LogP contribution in [0.15, 0.2) is 36.7 Å². The van der Waals surface area contributed by atoms with Crippen molar-refractivity contribution in [2.24, 2.45) is 11.8 Å². The van der Waals surface area contributed by atoms with E-state index in [1.165, 1.54) is 25.5 Å². The first-order valence-electron chi connectivity index (χ1n) is 20.7. The second-order valence-electron chi connectivity index (χ2n) is 17.3. The number of rotatable bonds is 11. The molecule has 4 amide bonds. The molecule has 7 aliphatic rings. The first kappa shape index (κ1) is 36.7. The minimum absolute atomic E-state index is 0.0313. The number of aromatic nitrogens is 4. The van der Waals surface area contributed by atoms with E-state index in [-0.39, 0.29) is 46.6 Å². The molecule has 0 unspecified atom stereocenters. The maximum atomic E-state index is 13.7. The number of benzene rings is 1. The molecule has 4 N–H and O–H groups in total. The van der Waals surface area contributed by atoms with Crippen molar-refractivity contribution in [1.29, 1.82) is 0 Å². The molecule has 4 atom stereocenters. The fraction of sp³-hybridized carbons (Fsp3) is 0.619. The molecule has 0 spiro atoms. The number of ether oxygens (including phenoxy) is 2. The van der Waals surface area contributed by atoms with Gasteiger partial charge in [0.05, 0.1) is 38.2 Å². The zero-order valence-corrected chi connectivity index (χ0v) is 32.5. The van der Waals surface area contributed by atoms with Crippen LogP contribution in [0.1, 0.15) is 125 Å². The van der Waals surface area contributed by atoms with Crippen LogP contribution in [0.5, 0.6) is 0 Å². The molecule has 2 aromatic heterocycles. The molecule has 2 saturated heterocycles. The summed E-state index contributed by atoms with van der Waals surface area (Å²) >= 11 is 0. The number of H-pyrrole nitrogens is 2. The first-order chi connectivity index (χ1) is 27.2. The number of imidazole rings is 2. The molecule has 5 aliphatic carbocycles. The topological polar surface area (TPSA) is 175 Å². The van der Waals surface area contributed by atoms with Crippen LogP contribution in [0.3, 0.4) is 0 Å². The highest BCUT2D eigenvalue weighted by molar-refractivity contribution is 5.87. The highest BCUT2D eigenvalue weighted by atomic mass is 16.5. The van der Waals surface area contributed by atoms with E-state index < -0.39 is 24.3 Å². The van der Waals surface area contributed by atoms with Crippen molar-refractivity contribution in [2.75, 3.05) is 27.3 Å². The molecule has 298 valence electrons. The number of amides is 4. The van der Waals surface area contributed by atoms with E-state index in [2.05, 4.69) is 44.9 Å². The number of carbonyl (C=O) groups is 4. The van der Waals surface area contributed by atoms with Gasteiger partial charge >= 0.3 is 12.2 Å². The zero-order valence-electron chi connectivity index (χ0n) is 32.5. The largest absolute Gasteiger partial charge is 0.453 e. The Labute approximate surface area is 327 Å². The predicted octanol–water partition coefficient (Wildman–Crippen LogP) is 5.94. The molecule has 0 radical (unpaired) electrons. The second kappa shape index (κ2) is 14.6. The summed E-state index contributed by atoms with van der Waals surface area (Å²) in [6.07, 6.45) is 16.6. The van der Waals surface area contributed by atoms with Crippen LogP contribution in [-0.4, -0.2) is 93.1 Å². The van der Waals surface area contributed by atoms with Gasteiger partial charge in [0.1, 0.15) is 23.7 Å². The van der Waals surface area contributed by atoms with Crippen molar-refractivity contribution < 1.29 is 28.7 Å². The summed E-state index contributed by atoms with van der Waals surface area (Å²) in [6, 6.07) is 7.61. The number of likely N-dealkylation sites (tertiary alicyclic amines) is 2. The van der Waals surface area contributed by atoms with Gasteiger partial charge in [-0.1, -0.05) is 24.3 Å². The molecule has 4 heterocycles. The van der Waals surface area contributed by atoms with E-state index in [0.717, 1.165) is 113 Å². The molecule has 3 aromatic rings. The third-order valence-corrected chi connectivity index (χ3v) is 14.2. The predicted molar refractivity (Wildman–Crippen MR) is 205 cm³/mol. The Morgan fingerprint density at radius 1 is 0.679 bits per heavy atom. The molecule has 56 heavy (non-hydrogen) atoms. The number of fused-ring (bicyclic) bond motifs is 3. The smallest absolute Gasteiger partial charge is 0.407 e. The van der Waals surface area contributed by atoms with Gasteiger partial charge < -0.3 is 39.9 Å². The van der Waals surface area contributed by atoms with E-state index in [9.17, 15) is 19.2 Å². The number of hydrogen-bond donors (Lipinski definition) is 4. The summed E-state index contributed by atoms with van der Waals surface area (Å²) in [6.45, 7) is 1.31. The van der Waals surface area contributed by atoms with Crippen LogP contribution in [0.25, 0.3) is 11.3 Å². The van der Waals surface area contributed by atoms with E-state index in [1.807, 2.05) is 22.2 Å². The Balaban J connectivity index is 0.840. The minimum Gasteiger partial charge on any atom is -0.453 e. The number of nitrogens with zero attached hydrogens (tertiary/aromatic N) is 4. The maximum Gasteiger partial charge on any atom is 0.407 e. The molecule has 2 bridgehead atoms. The van der Waals surface area contributed by atoms with Crippen molar-refractivity contribution in [3.63, 3.8) is 0 Å². The average molecular weight is 767 g/mol. The third kappa shape index (κ3) is 6.72. The zero-order chi connectivity index (χ0) is 38.6. The average Bonchev–Trinajstić information content (AvgIpc) is 3.95. The number of hydrogen-bond acceptors (Lipinski definition) is 8. The molecule has 5 saturated carbocycles. The summed E-state index contributed by atoms with van der Waals surface area (Å²) in [5, 5.41) is 5.58. The van der Waals surface area contributed by atoms with Crippen LogP contribution in [0.2, 0.25) is 0 Å². The minimum atomic E-state index is -0.570. The standard InChI is InChI=1S/C42H54N8O6/c1-55-39(53)47-33(26-7-8-26)37(51)49-21-3-5-30(49)35-43-23-29(45-35)25-11-13-28(14-12-25)41-15-18-42(19-16-41,20-17-41)32-24-44-36(46-32)31-6-4-22-50(31)38(52)34(27-9-10-27)48-40(54)56-2/h11-14,23-24,26-27,30-31,33-34H,3-10,15-22H2,1-2H3,(H,43,45)(H,44,46)(H,47,53)(H,48,54)/t30-,31-,33-,34-,41?,42?/m0/s1. The number of nitrogens with one attached hydrogen (secondary N) is 4. The molecule has 10 rings (SSSR count). The van der Waals surface area contributed by atoms with Gasteiger partial charge in [0.2, 0.25) is 11.8 Å². The summed E-state index contributed by atoms with van der Waals surface area (Å²) < 4.78 is 9.63. The molecular weight excluding hydrogens is 713 g/mol. The number of methoxy groups -OCH3 is 2. The van der Waals surface area contributed by atoms with Crippen molar-refractivity contribution in [3.05, 3.63) is 59.6 Å². The van der Waals surface area contributed by atoms with Gasteiger partial charge in [0.15, 0.2) is 0 Å². The summed E-state index contributed by atoms with van der Waals surface area (Å²) in [5.41, 5.74) is 4.81. The van der Waals surface area contributed by atoms with Crippen LogP contribution < -0.4 is 10.6 Å². The Hall–Kier alpha value is -4.88. The maximum absolute atomic E-state index is 13.7. The van der Waals surface area contributed by atoms with Crippen molar-refractivity contribution in [1.82, 2.24) is 40.4 Å². The van der Waals surface area contributed by atoms with E-state index in [4.69, 9.17) is 19.4 Å². The lowest BCUT2D eigenvalue weighted by atomic mass is 9.51. The number of alkyl carbamates (subject to hydrolysis) is 2. The summed E-state index contributed by atoms with van der Waals surface area (Å²) in [7, 11) is 2.65. The molecule has 2 aliphatic heterocycles. The van der Waals surface area contributed by atoms with Crippen LogP contribution in [0, 0.1) is 11.8 Å². The van der Waals surface area contributed by atoms with Crippen LogP contribution in [-0.2, 0) is 29.9 Å². The Morgan fingerprint density at radius 2 is 1.16 bits per heavy atom. The van der Waals surface area contributed by atoms with Gasteiger partial charge in [-0.05, 0) is 118 Å². The second-order valence-corrected chi connectivity index (χ2v) is 17.3. The monoisotopic (exact) mass is 766 g/mol. The Kier molecular flexibility index (Phi) is 9.56. The third-order valence-electron chi connectivity index (χ3n) is 14.2.